The van der Waals surface area contributed by atoms with Crippen molar-refractivity contribution in [3.8, 4) is 5.75 Å². The Kier molecular flexibility index (Phi) is 5.10. The zero-order valence-electron chi connectivity index (χ0n) is 15.9. The second-order valence-corrected chi connectivity index (χ2v) is 7.38. The first-order chi connectivity index (χ1) is 13.6. The molecule has 6 nitrogen and oxygen atoms in total. The lowest BCUT2D eigenvalue weighted by molar-refractivity contribution is -0.384. The number of ether oxygens (including phenoxy) is 1. The fraction of sp³-hybridized carbons (Fsp3) is 0.318. The van der Waals surface area contributed by atoms with Crippen LogP contribution in [0.2, 0.25) is 0 Å². The van der Waals surface area contributed by atoms with Crippen molar-refractivity contribution in [2.45, 2.75) is 26.4 Å². The maximum atomic E-state index is 10.8. The van der Waals surface area contributed by atoms with Crippen LogP contribution in [0.4, 0.5) is 11.5 Å². The molecule has 1 fully saturated rings. The van der Waals surface area contributed by atoms with E-state index in [-0.39, 0.29) is 5.69 Å². The van der Waals surface area contributed by atoms with Gasteiger partial charge < -0.3 is 9.64 Å². The summed E-state index contributed by atoms with van der Waals surface area (Å²) in [7, 11) is 0. The molecule has 1 aromatic heterocycles. The zero-order valence-corrected chi connectivity index (χ0v) is 15.9. The lowest BCUT2D eigenvalue weighted by Gasteiger charge is -2.31. The molecule has 0 saturated carbocycles. The van der Waals surface area contributed by atoms with Gasteiger partial charge in [0.15, 0.2) is 0 Å². The van der Waals surface area contributed by atoms with E-state index >= 15 is 0 Å². The third-order valence-electron chi connectivity index (χ3n) is 5.32. The number of hydrogen-bond acceptors (Lipinski definition) is 5. The molecule has 0 radical (unpaired) electrons. The van der Waals surface area contributed by atoms with Gasteiger partial charge in [0.05, 0.1) is 4.92 Å². The van der Waals surface area contributed by atoms with Gasteiger partial charge in [0, 0.05) is 30.6 Å². The Morgan fingerprint density at radius 1 is 1.11 bits per heavy atom. The van der Waals surface area contributed by atoms with Gasteiger partial charge in [-0.15, -0.1) is 0 Å². The summed E-state index contributed by atoms with van der Waals surface area (Å²) >= 11 is 0. The molecule has 0 amide bonds. The molecule has 2 heterocycles. The number of benzene rings is 2. The number of pyridine rings is 1. The second kappa shape index (κ2) is 7.84. The van der Waals surface area contributed by atoms with Crippen molar-refractivity contribution in [3.05, 3.63) is 70.3 Å². The molecule has 3 aromatic rings. The highest BCUT2D eigenvalue weighted by molar-refractivity contribution is 5.86. The molecule has 0 unspecified atom stereocenters. The number of fused-ring (bicyclic) bond motifs is 1. The van der Waals surface area contributed by atoms with Crippen LogP contribution in [-0.2, 0) is 6.61 Å². The van der Waals surface area contributed by atoms with Crippen molar-refractivity contribution in [1.29, 1.82) is 0 Å². The smallest absolute Gasteiger partial charge is 0.269 e. The third-order valence-corrected chi connectivity index (χ3v) is 5.32. The fourth-order valence-electron chi connectivity index (χ4n) is 3.51. The van der Waals surface area contributed by atoms with Gasteiger partial charge in [-0.2, -0.15) is 0 Å². The van der Waals surface area contributed by atoms with Gasteiger partial charge in [0.1, 0.15) is 23.7 Å². The highest BCUT2D eigenvalue weighted by atomic mass is 16.6. The summed E-state index contributed by atoms with van der Waals surface area (Å²) in [6.45, 7) is 4.70. The van der Waals surface area contributed by atoms with Crippen LogP contribution in [0.3, 0.4) is 0 Å². The Morgan fingerprint density at radius 2 is 1.86 bits per heavy atom. The van der Waals surface area contributed by atoms with Crippen LogP contribution in [-0.4, -0.2) is 23.0 Å². The number of para-hydroxylation sites is 1. The molecule has 0 spiro atoms. The van der Waals surface area contributed by atoms with Crippen LogP contribution in [0.1, 0.15) is 25.3 Å². The van der Waals surface area contributed by atoms with Crippen molar-refractivity contribution in [1.82, 2.24) is 4.98 Å². The predicted octanol–water partition coefficient (Wildman–Crippen LogP) is 4.96. The van der Waals surface area contributed by atoms with Gasteiger partial charge in [-0.3, -0.25) is 10.1 Å². The van der Waals surface area contributed by atoms with E-state index in [9.17, 15) is 10.1 Å². The minimum absolute atomic E-state index is 0.0797. The quantitative estimate of drug-likeness (QED) is 0.464. The molecule has 2 aromatic carbocycles. The van der Waals surface area contributed by atoms with Crippen molar-refractivity contribution < 1.29 is 9.66 Å². The number of rotatable bonds is 5. The number of nitrogens with zero attached hydrogens (tertiary/aromatic N) is 3. The molecule has 1 saturated heterocycles. The minimum Gasteiger partial charge on any atom is -0.487 e. The lowest BCUT2D eigenvalue weighted by Crippen LogP contribution is -2.33. The van der Waals surface area contributed by atoms with Crippen molar-refractivity contribution in [2.24, 2.45) is 5.92 Å². The Hall–Kier alpha value is -3.15. The maximum absolute atomic E-state index is 10.8. The highest BCUT2D eigenvalue weighted by Gasteiger charge is 2.17. The van der Waals surface area contributed by atoms with E-state index in [1.807, 2.05) is 18.2 Å². The summed E-state index contributed by atoms with van der Waals surface area (Å²) in [5.41, 5.74) is 1.81. The van der Waals surface area contributed by atoms with Gasteiger partial charge in [-0.25, -0.2) is 4.98 Å². The number of aromatic nitrogens is 1. The van der Waals surface area contributed by atoms with Crippen LogP contribution >= 0.6 is 0 Å². The first kappa shape index (κ1) is 18.2. The van der Waals surface area contributed by atoms with E-state index in [4.69, 9.17) is 9.72 Å². The van der Waals surface area contributed by atoms with E-state index in [0.29, 0.717) is 6.61 Å². The predicted molar refractivity (Wildman–Crippen MR) is 110 cm³/mol. The van der Waals surface area contributed by atoms with Crippen molar-refractivity contribution in [3.63, 3.8) is 0 Å². The van der Waals surface area contributed by atoms with Crippen LogP contribution in [0.25, 0.3) is 10.9 Å². The Bertz CT molecular complexity index is 980. The molecular formula is C22H23N3O3. The number of anilines is 1. The Balaban J connectivity index is 1.54. The van der Waals surface area contributed by atoms with Gasteiger partial charge in [0.25, 0.3) is 5.69 Å². The van der Waals surface area contributed by atoms with Gasteiger partial charge >= 0.3 is 0 Å². The van der Waals surface area contributed by atoms with Crippen LogP contribution < -0.4 is 9.64 Å². The van der Waals surface area contributed by atoms with Crippen LogP contribution in [0, 0.1) is 16.0 Å². The molecule has 0 aliphatic carbocycles. The molecule has 0 bridgehead atoms. The number of nitro groups is 1. The van der Waals surface area contributed by atoms with E-state index in [1.54, 1.807) is 12.1 Å². The van der Waals surface area contributed by atoms with Crippen LogP contribution in [0.5, 0.6) is 5.75 Å². The average Bonchev–Trinajstić information content (AvgIpc) is 2.72. The first-order valence-electron chi connectivity index (χ1n) is 9.61. The molecule has 0 N–H and O–H groups in total. The summed E-state index contributed by atoms with van der Waals surface area (Å²) in [5, 5.41) is 11.8. The van der Waals surface area contributed by atoms with Crippen molar-refractivity contribution >= 4 is 22.4 Å². The molecule has 4 rings (SSSR count). The number of piperidine rings is 1. The molecule has 144 valence electrons. The Labute approximate surface area is 163 Å². The Morgan fingerprint density at radius 3 is 2.57 bits per heavy atom. The van der Waals surface area contributed by atoms with E-state index in [1.165, 1.54) is 25.0 Å². The van der Waals surface area contributed by atoms with E-state index in [2.05, 4.69) is 24.0 Å². The largest absolute Gasteiger partial charge is 0.487 e. The van der Waals surface area contributed by atoms with Gasteiger partial charge in [-0.1, -0.05) is 19.1 Å². The number of hydrogen-bond donors (Lipinski definition) is 0. The summed E-state index contributed by atoms with van der Waals surface area (Å²) in [5.74, 6) is 2.49. The summed E-state index contributed by atoms with van der Waals surface area (Å²) in [4.78, 5) is 17.6. The standard InChI is InChI=1S/C22H23N3O3/c1-16-11-13-24(14-12-16)21-10-7-18-3-2-4-20(22(18)23-21)28-15-17-5-8-19(9-6-17)25(26)27/h2-10,16H,11-15H2,1H3. The number of non-ortho nitro benzene ring substituents is 1. The third kappa shape index (κ3) is 3.91. The lowest BCUT2D eigenvalue weighted by atomic mass is 9.99. The summed E-state index contributed by atoms with van der Waals surface area (Å²) < 4.78 is 6.01. The maximum Gasteiger partial charge on any atom is 0.269 e. The van der Waals surface area contributed by atoms with E-state index in [0.717, 1.165) is 47.0 Å². The van der Waals surface area contributed by atoms with E-state index < -0.39 is 4.92 Å². The molecule has 0 atom stereocenters. The SMILES string of the molecule is CC1CCN(c2ccc3cccc(OCc4ccc([N+](=O)[O-])cc4)c3n2)CC1. The zero-order chi connectivity index (χ0) is 19.5. The summed E-state index contributed by atoms with van der Waals surface area (Å²) in [6, 6.07) is 16.5. The highest BCUT2D eigenvalue weighted by Crippen LogP contribution is 2.29. The number of nitro benzene ring substituents is 1. The normalized spacial score (nSPS) is 15.0. The second-order valence-electron chi connectivity index (χ2n) is 7.38. The molecule has 1 aliphatic heterocycles. The monoisotopic (exact) mass is 377 g/mol. The molecule has 1 aliphatic rings. The summed E-state index contributed by atoms with van der Waals surface area (Å²) in [6.07, 6.45) is 2.38. The first-order valence-corrected chi connectivity index (χ1v) is 9.61. The van der Waals surface area contributed by atoms with Crippen LogP contribution in [0.15, 0.2) is 54.6 Å². The minimum atomic E-state index is -0.401. The fourth-order valence-corrected chi connectivity index (χ4v) is 3.51. The average molecular weight is 377 g/mol. The molecule has 6 heteroatoms. The topological polar surface area (TPSA) is 68.5 Å². The van der Waals surface area contributed by atoms with Gasteiger partial charge in [0.2, 0.25) is 0 Å². The van der Waals surface area contributed by atoms with Crippen molar-refractivity contribution in [2.75, 3.05) is 18.0 Å². The van der Waals surface area contributed by atoms with Gasteiger partial charge in [-0.05, 0) is 54.7 Å². The molecular weight excluding hydrogens is 354 g/mol. The molecule has 28 heavy (non-hydrogen) atoms.